The molecule has 0 saturated carbocycles. The van der Waals surface area contributed by atoms with Crippen LogP contribution in [0.15, 0.2) is 186 Å². The average molecular weight is 655 g/mol. The summed E-state index contributed by atoms with van der Waals surface area (Å²) in [5.41, 5.74) is 5.39. The van der Waals surface area contributed by atoms with Gasteiger partial charge in [-0.25, -0.2) is 0 Å². The molecule has 11 aromatic rings. The Morgan fingerprint density at radius 2 is 0.922 bits per heavy atom. The van der Waals surface area contributed by atoms with Gasteiger partial charge in [0.05, 0.1) is 11.0 Å². The fourth-order valence-corrected chi connectivity index (χ4v) is 8.08. The van der Waals surface area contributed by atoms with E-state index in [1.807, 2.05) is 97.1 Å². The van der Waals surface area contributed by atoms with Gasteiger partial charge in [0.15, 0.2) is 0 Å². The molecule has 0 aliphatic carbocycles. The lowest BCUT2D eigenvalue weighted by atomic mass is 9.84. The van der Waals surface area contributed by atoms with Crippen molar-refractivity contribution in [1.82, 2.24) is 0 Å². The van der Waals surface area contributed by atoms with Gasteiger partial charge in [-0.1, -0.05) is 164 Å². The maximum absolute atomic E-state index is 9.43. The highest BCUT2D eigenvalue weighted by molar-refractivity contribution is 6.24. The third kappa shape index (κ3) is 4.16. The van der Waals surface area contributed by atoms with Crippen LogP contribution >= 0.6 is 0 Å². The summed E-state index contributed by atoms with van der Waals surface area (Å²) >= 11 is 0. The van der Waals surface area contributed by atoms with Crippen molar-refractivity contribution in [3.8, 4) is 33.4 Å². The standard InChI is InChI=1S/C50H30O/c1-3-16-35-31(12-1)14-9-23-39(35)48-43-20-7-5-18-41(43)47(42-19-6-8-21-44(42)48)34-27-28-36-33(30-34)15-10-22-38(36)40-24-11-25-46-49(40)45-29-26-32-13-2-4-17-37(32)50(45)51-46/h1-30H/i5D,6D,7D,8D,18D,19D,20D,21D. The van der Waals surface area contributed by atoms with Gasteiger partial charge in [-0.2, -0.15) is 0 Å². The van der Waals surface area contributed by atoms with E-state index < -0.39 is 24.2 Å². The van der Waals surface area contributed by atoms with Gasteiger partial charge in [0, 0.05) is 16.2 Å². The van der Waals surface area contributed by atoms with Crippen LogP contribution in [0.2, 0.25) is 0 Å². The molecule has 11 rings (SSSR count). The van der Waals surface area contributed by atoms with E-state index in [2.05, 4.69) is 36.4 Å². The Balaban J connectivity index is 1.25. The zero-order valence-electron chi connectivity index (χ0n) is 35.1. The van der Waals surface area contributed by atoms with Crippen LogP contribution in [-0.2, 0) is 0 Å². The molecule has 0 aliphatic heterocycles. The van der Waals surface area contributed by atoms with E-state index in [-0.39, 0.29) is 45.7 Å². The van der Waals surface area contributed by atoms with Crippen molar-refractivity contribution in [3.05, 3.63) is 182 Å². The summed E-state index contributed by atoms with van der Waals surface area (Å²) in [6.07, 6.45) is 0. The lowest BCUT2D eigenvalue weighted by Crippen LogP contribution is -1.92. The smallest absolute Gasteiger partial charge is 0.143 e. The Morgan fingerprint density at radius 3 is 1.69 bits per heavy atom. The van der Waals surface area contributed by atoms with E-state index in [1.54, 1.807) is 0 Å². The quantitative estimate of drug-likeness (QED) is 0.173. The highest BCUT2D eigenvalue weighted by Crippen LogP contribution is 2.47. The highest BCUT2D eigenvalue weighted by Gasteiger charge is 2.19. The van der Waals surface area contributed by atoms with Gasteiger partial charge >= 0.3 is 0 Å². The lowest BCUT2D eigenvalue weighted by Gasteiger charge is -2.19. The zero-order valence-corrected chi connectivity index (χ0v) is 27.1. The summed E-state index contributed by atoms with van der Waals surface area (Å²) in [4.78, 5) is 0. The number of furan rings is 1. The third-order valence-electron chi connectivity index (χ3n) is 10.3. The van der Waals surface area contributed by atoms with Crippen LogP contribution in [0, 0.1) is 0 Å². The predicted molar refractivity (Wildman–Crippen MR) is 218 cm³/mol. The molecule has 1 heteroatoms. The van der Waals surface area contributed by atoms with E-state index in [0.717, 1.165) is 65.4 Å². The minimum Gasteiger partial charge on any atom is -0.455 e. The summed E-state index contributed by atoms with van der Waals surface area (Å²) < 4.78 is 79.6. The van der Waals surface area contributed by atoms with Crippen LogP contribution in [0.5, 0.6) is 0 Å². The van der Waals surface area contributed by atoms with Crippen LogP contribution < -0.4 is 0 Å². The molecule has 0 fully saturated rings. The maximum Gasteiger partial charge on any atom is 0.143 e. The van der Waals surface area contributed by atoms with Crippen LogP contribution in [-0.4, -0.2) is 0 Å². The predicted octanol–water partition coefficient (Wildman–Crippen LogP) is 14.4. The summed E-state index contributed by atoms with van der Waals surface area (Å²) in [6, 6.07) is 40.8. The van der Waals surface area contributed by atoms with Crippen molar-refractivity contribution in [2.75, 3.05) is 0 Å². The molecule has 10 aromatic carbocycles. The van der Waals surface area contributed by atoms with Crippen molar-refractivity contribution >= 4 is 75.8 Å². The van der Waals surface area contributed by atoms with Gasteiger partial charge in [0.1, 0.15) is 11.2 Å². The second-order valence-electron chi connectivity index (χ2n) is 13.0. The van der Waals surface area contributed by atoms with Gasteiger partial charge in [0.2, 0.25) is 0 Å². The monoisotopic (exact) mass is 654 g/mol. The Labute approximate surface area is 305 Å². The Hall–Kier alpha value is -6.70. The molecule has 1 heterocycles. The minimum absolute atomic E-state index is 0.189. The van der Waals surface area contributed by atoms with Crippen LogP contribution in [0.3, 0.4) is 0 Å². The molecule has 1 aromatic heterocycles. The number of rotatable bonds is 3. The number of fused-ring (bicyclic) bond motifs is 9. The highest BCUT2D eigenvalue weighted by atomic mass is 16.3. The zero-order chi connectivity index (χ0) is 40.4. The average Bonchev–Trinajstić information content (AvgIpc) is 3.67. The largest absolute Gasteiger partial charge is 0.455 e. The molecular formula is C50H30O. The van der Waals surface area contributed by atoms with Gasteiger partial charge in [-0.05, 0) is 100 Å². The number of hydrogen-bond acceptors (Lipinski definition) is 1. The van der Waals surface area contributed by atoms with E-state index >= 15 is 0 Å². The molecule has 0 unspecified atom stereocenters. The molecule has 236 valence electrons. The van der Waals surface area contributed by atoms with E-state index in [4.69, 9.17) is 9.90 Å². The van der Waals surface area contributed by atoms with Crippen LogP contribution in [0.4, 0.5) is 0 Å². The number of hydrogen-bond donors (Lipinski definition) is 0. The first-order valence-electron chi connectivity index (χ1n) is 20.9. The van der Waals surface area contributed by atoms with Gasteiger partial charge < -0.3 is 4.42 Å². The van der Waals surface area contributed by atoms with Crippen molar-refractivity contribution in [2.24, 2.45) is 0 Å². The lowest BCUT2D eigenvalue weighted by molar-refractivity contribution is 0.673. The van der Waals surface area contributed by atoms with Gasteiger partial charge in [-0.15, -0.1) is 0 Å². The first kappa shape index (κ1) is 21.4. The first-order chi connectivity index (χ1) is 28.6. The van der Waals surface area contributed by atoms with Gasteiger partial charge in [-0.3, -0.25) is 0 Å². The Bertz CT molecular complexity index is 3580. The third-order valence-corrected chi connectivity index (χ3v) is 10.3. The number of benzene rings is 10. The molecule has 0 radical (unpaired) electrons. The Morgan fingerprint density at radius 1 is 0.373 bits per heavy atom. The van der Waals surface area contributed by atoms with Crippen LogP contribution in [0.1, 0.15) is 11.0 Å². The minimum atomic E-state index is -0.427. The molecule has 0 saturated heterocycles. The van der Waals surface area contributed by atoms with Crippen molar-refractivity contribution in [1.29, 1.82) is 0 Å². The van der Waals surface area contributed by atoms with Crippen molar-refractivity contribution < 1.29 is 15.4 Å². The molecular weight excluding hydrogens is 617 g/mol. The fourth-order valence-electron chi connectivity index (χ4n) is 8.08. The topological polar surface area (TPSA) is 13.1 Å². The van der Waals surface area contributed by atoms with Crippen molar-refractivity contribution in [3.63, 3.8) is 0 Å². The molecule has 0 atom stereocenters. The summed E-state index contributed by atoms with van der Waals surface area (Å²) in [7, 11) is 0. The van der Waals surface area contributed by atoms with E-state index in [1.165, 1.54) is 0 Å². The normalized spacial score (nSPS) is 14.1. The molecule has 0 N–H and O–H groups in total. The molecule has 51 heavy (non-hydrogen) atoms. The second-order valence-corrected chi connectivity index (χ2v) is 13.0. The molecule has 0 spiro atoms. The second kappa shape index (κ2) is 10.9. The molecule has 0 amide bonds. The van der Waals surface area contributed by atoms with Crippen LogP contribution in [0.25, 0.3) is 109 Å². The first-order valence-corrected chi connectivity index (χ1v) is 16.9. The van der Waals surface area contributed by atoms with E-state index in [0.29, 0.717) is 22.3 Å². The molecule has 0 bridgehead atoms. The van der Waals surface area contributed by atoms with Gasteiger partial charge in [0.25, 0.3) is 0 Å². The fraction of sp³-hybridized carbons (Fsp3) is 0. The summed E-state index contributed by atoms with van der Waals surface area (Å²) in [6.45, 7) is 0. The Kier molecular flexibility index (Phi) is 4.57. The summed E-state index contributed by atoms with van der Waals surface area (Å²) in [5.74, 6) is 0. The summed E-state index contributed by atoms with van der Waals surface area (Å²) in [5, 5.41) is 8.36. The molecule has 0 aliphatic rings. The molecule has 1 nitrogen and oxygen atoms in total. The van der Waals surface area contributed by atoms with E-state index in [9.17, 15) is 5.48 Å². The van der Waals surface area contributed by atoms with Crippen molar-refractivity contribution in [2.45, 2.75) is 0 Å². The SMILES string of the molecule is [2H]c1c([2H])c([2H])c2c(-c3cccc4ccccc34)c3c([2H])c([2H])c([2H])c([2H])c3c(-c3ccc4c(-c5cccc6oc7c8ccccc8ccc7c56)cccc4c3)c2c1[2H]. The maximum atomic E-state index is 9.43.